The van der Waals surface area contributed by atoms with E-state index >= 15 is 0 Å². The van der Waals surface area contributed by atoms with Crippen LogP contribution in [0, 0.1) is 0 Å². The minimum Gasteiger partial charge on any atom is -0.465 e. The molecule has 1 aromatic carbocycles. The summed E-state index contributed by atoms with van der Waals surface area (Å²) in [6.07, 6.45) is 2.71. The summed E-state index contributed by atoms with van der Waals surface area (Å²) >= 11 is 0. The number of carbonyl (C=O) groups excluding carboxylic acids is 1. The fourth-order valence-electron chi connectivity index (χ4n) is 2.79. The van der Waals surface area contributed by atoms with Gasteiger partial charge in [0, 0.05) is 6.04 Å². The molecule has 23 heavy (non-hydrogen) atoms. The van der Waals surface area contributed by atoms with Crippen molar-refractivity contribution >= 4 is 16.0 Å². The van der Waals surface area contributed by atoms with Crippen molar-refractivity contribution in [2.45, 2.75) is 37.1 Å². The topological polar surface area (TPSA) is 75.7 Å². The molecule has 7 heteroatoms. The van der Waals surface area contributed by atoms with E-state index in [1.807, 2.05) is 0 Å². The maximum atomic E-state index is 12.5. The van der Waals surface area contributed by atoms with Gasteiger partial charge in [0.15, 0.2) is 0 Å². The molecule has 1 N–H and O–H groups in total. The maximum Gasteiger partial charge on any atom is 0.337 e. The number of carbonyl (C=O) groups is 1. The van der Waals surface area contributed by atoms with Crippen LogP contribution in [-0.2, 0) is 14.8 Å². The molecule has 2 rings (SSSR count). The van der Waals surface area contributed by atoms with Crippen LogP contribution < -0.4 is 4.72 Å². The van der Waals surface area contributed by atoms with Gasteiger partial charge in [-0.25, -0.2) is 17.9 Å². The highest BCUT2D eigenvalue weighted by Crippen LogP contribution is 2.16. The number of hydrogen-bond donors (Lipinski definition) is 1. The molecule has 0 bridgehead atoms. The second-order valence-electron chi connectivity index (χ2n) is 5.76. The molecule has 0 spiro atoms. The van der Waals surface area contributed by atoms with Gasteiger partial charge in [-0.1, -0.05) is 13.0 Å². The summed E-state index contributed by atoms with van der Waals surface area (Å²) in [6.45, 7) is 5.01. The lowest BCUT2D eigenvalue weighted by Crippen LogP contribution is -2.44. The molecule has 0 unspecified atom stereocenters. The van der Waals surface area contributed by atoms with E-state index < -0.39 is 16.0 Å². The molecule has 0 amide bonds. The van der Waals surface area contributed by atoms with Crippen LogP contribution in [0.3, 0.4) is 0 Å². The zero-order chi connectivity index (χ0) is 16.9. The quantitative estimate of drug-likeness (QED) is 0.797. The van der Waals surface area contributed by atoms with E-state index in [4.69, 9.17) is 0 Å². The molecule has 0 saturated carbocycles. The molecule has 0 aromatic heterocycles. The van der Waals surface area contributed by atoms with Crippen molar-refractivity contribution < 1.29 is 17.9 Å². The van der Waals surface area contributed by atoms with Crippen LogP contribution in [-0.4, -0.2) is 52.1 Å². The minimum absolute atomic E-state index is 0.0603. The molecule has 1 heterocycles. The van der Waals surface area contributed by atoms with Crippen molar-refractivity contribution in [3.8, 4) is 0 Å². The van der Waals surface area contributed by atoms with Gasteiger partial charge in [-0.05, 0) is 57.1 Å². The molecule has 0 radical (unpaired) electrons. The van der Waals surface area contributed by atoms with E-state index in [2.05, 4.69) is 21.3 Å². The van der Waals surface area contributed by atoms with Crippen LogP contribution in [0.2, 0.25) is 0 Å². The first kappa shape index (κ1) is 17.9. The monoisotopic (exact) mass is 340 g/mol. The Bertz CT molecular complexity index is 637. The molecule has 1 aliphatic rings. The number of esters is 1. The summed E-state index contributed by atoms with van der Waals surface area (Å²) in [5.74, 6) is -0.546. The second kappa shape index (κ2) is 7.90. The Hall–Kier alpha value is -1.44. The van der Waals surface area contributed by atoms with Gasteiger partial charge in [-0.3, -0.25) is 0 Å². The highest BCUT2D eigenvalue weighted by molar-refractivity contribution is 7.89. The summed E-state index contributed by atoms with van der Waals surface area (Å²) in [5, 5.41) is 0. The Balaban J connectivity index is 2.04. The summed E-state index contributed by atoms with van der Waals surface area (Å²) in [6, 6.07) is 5.86. The smallest absolute Gasteiger partial charge is 0.337 e. The van der Waals surface area contributed by atoms with Crippen molar-refractivity contribution in [3.05, 3.63) is 29.8 Å². The van der Waals surface area contributed by atoms with Crippen molar-refractivity contribution in [2.24, 2.45) is 0 Å². The first-order chi connectivity index (χ1) is 11.0. The fraction of sp³-hybridized carbons (Fsp3) is 0.562. The first-order valence-electron chi connectivity index (χ1n) is 7.89. The third kappa shape index (κ3) is 4.76. The standard InChI is InChI=1S/C16H24N2O4S/c1-3-9-18-10-7-14(8-11-18)17-23(20,21)15-6-4-5-13(12-15)16(19)22-2/h4-6,12,14,17H,3,7-11H2,1-2H3. The first-order valence-corrected chi connectivity index (χ1v) is 9.37. The molecular formula is C16H24N2O4S. The largest absolute Gasteiger partial charge is 0.465 e. The van der Waals surface area contributed by atoms with Crippen LogP contribution >= 0.6 is 0 Å². The van der Waals surface area contributed by atoms with Crippen molar-refractivity contribution in [3.63, 3.8) is 0 Å². The average molecular weight is 340 g/mol. The van der Waals surface area contributed by atoms with Gasteiger partial charge in [-0.15, -0.1) is 0 Å². The van der Waals surface area contributed by atoms with E-state index in [1.54, 1.807) is 6.07 Å². The van der Waals surface area contributed by atoms with Gasteiger partial charge < -0.3 is 9.64 Å². The number of ether oxygens (including phenoxy) is 1. The van der Waals surface area contributed by atoms with E-state index in [-0.39, 0.29) is 16.5 Å². The molecular weight excluding hydrogens is 316 g/mol. The lowest BCUT2D eigenvalue weighted by Gasteiger charge is -2.31. The maximum absolute atomic E-state index is 12.5. The number of rotatable bonds is 6. The van der Waals surface area contributed by atoms with Gasteiger partial charge in [0.05, 0.1) is 17.6 Å². The van der Waals surface area contributed by atoms with Gasteiger partial charge in [0.25, 0.3) is 0 Å². The Morgan fingerprint density at radius 2 is 2.04 bits per heavy atom. The zero-order valence-electron chi connectivity index (χ0n) is 13.6. The van der Waals surface area contributed by atoms with E-state index in [9.17, 15) is 13.2 Å². The predicted octanol–water partition coefficient (Wildman–Crippen LogP) is 1.63. The normalized spacial score (nSPS) is 17.1. The third-order valence-corrected chi connectivity index (χ3v) is 5.53. The van der Waals surface area contributed by atoms with Gasteiger partial charge in [0.2, 0.25) is 10.0 Å². The van der Waals surface area contributed by atoms with Crippen molar-refractivity contribution in [1.82, 2.24) is 9.62 Å². The number of benzene rings is 1. The zero-order valence-corrected chi connectivity index (χ0v) is 14.4. The highest BCUT2D eigenvalue weighted by atomic mass is 32.2. The number of hydrogen-bond acceptors (Lipinski definition) is 5. The molecule has 1 aromatic rings. The average Bonchev–Trinajstić information content (AvgIpc) is 2.56. The predicted molar refractivity (Wildman–Crippen MR) is 87.9 cm³/mol. The van der Waals surface area contributed by atoms with Crippen LogP contribution in [0.5, 0.6) is 0 Å². The Morgan fingerprint density at radius 3 is 2.65 bits per heavy atom. The number of sulfonamides is 1. The van der Waals surface area contributed by atoms with Crippen LogP contribution in [0.25, 0.3) is 0 Å². The minimum atomic E-state index is -3.63. The SMILES string of the molecule is CCCN1CCC(NS(=O)(=O)c2cccc(C(=O)OC)c2)CC1. The van der Waals surface area contributed by atoms with E-state index in [0.29, 0.717) is 0 Å². The molecule has 1 aliphatic heterocycles. The summed E-state index contributed by atoms with van der Waals surface area (Å²) in [4.78, 5) is 14.0. The van der Waals surface area contributed by atoms with Gasteiger partial charge >= 0.3 is 5.97 Å². The van der Waals surface area contributed by atoms with Gasteiger partial charge in [-0.2, -0.15) is 0 Å². The van der Waals surface area contributed by atoms with Gasteiger partial charge in [0.1, 0.15) is 0 Å². The lowest BCUT2D eigenvalue weighted by molar-refractivity contribution is 0.0600. The number of methoxy groups -OCH3 is 1. The van der Waals surface area contributed by atoms with E-state index in [1.165, 1.54) is 25.3 Å². The number of nitrogens with one attached hydrogen (secondary N) is 1. The Kier molecular flexibility index (Phi) is 6.15. The van der Waals surface area contributed by atoms with Crippen LogP contribution in [0.15, 0.2) is 29.2 Å². The van der Waals surface area contributed by atoms with Crippen molar-refractivity contribution in [1.29, 1.82) is 0 Å². The lowest BCUT2D eigenvalue weighted by atomic mass is 10.1. The molecule has 0 atom stereocenters. The number of likely N-dealkylation sites (tertiary alicyclic amines) is 1. The fourth-order valence-corrected chi connectivity index (χ4v) is 4.14. The second-order valence-corrected chi connectivity index (χ2v) is 7.47. The molecule has 0 aliphatic carbocycles. The Morgan fingerprint density at radius 1 is 1.35 bits per heavy atom. The number of piperidine rings is 1. The summed E-state index contributed by atoms with van der Waals surface area (Å²) in [7, 11) is -2.36. The summed E-state index contributed by atoms with van der Waals surface area (Å²) in [5.41, 5.74) is 0.230. The molecule has 1 fully saturated rings. The van der Waals surface area contributed by atoms with Crippen LogP contribution in [0.4, 0.5) is 0 Å². The van der Waals surface area contributed by atoms with Crippen molar-refractivity contribution in [2.75, 3.05) is 26.7 Å². The third-order valence-electron chi connectivity index (χ3n) is 4.01. The molecule has 6 nitrogen and oxygen atoms in total. The summed E-state index contributed by atoms with van der Waals surface area (Å²) < 4.78 is 32.4. The Labute approximate surface area is 137 Å². The molecule has 1 saturated heterocycles. The highest BCUT2D eigenvalue weighted by Gasteiger charge is 2.24. The molecule has 128 valence electrons. The van der Waals surface area contributed by atoms with Crippen LogP contribution in [0.1, 0.15) is 36.5 Å². The number of nitrogens with zero attached hydrogens (tertiary/aromatic N) is 1. The van der Waals surface area contributed by atoms with E-state index in [0.717, 1.165) is 38.9 Å².